The van der Waals surface area contributed by atoms with Gasteiger partial charge in [-0.05, 0) is 56.7 Å². The van der Waals surface area contributed by atoms with Crippen LogP contribution in [-0.4, -0.2) is 5.11 Å². The lowest BCUT2D eigenvalue weighted by molar-refractivity contribution is 0.475. The maximum absolute atomic E-state index is 9.34. The standard InChI is InChI=1S/C18H22O/c1-3-4-16-9-5-14(2)6-10-17(16)13-15-7-11-18(19)12-8-15/h3-4,6-8,10-12,16,19H,5,9,13H2,1-2H3. The van der Waals surface area contributed by atoms with E-state index in [0.29, 0.717) is 11.7 Å². The molecule has 0 radical (unpaired) electrons. The average Bonchev–Trinajstić information content (AvgIpc) is 2.57. The fraction of sp³-hybridized carbons (Fsp3) is 0.333. The number of phenolic OH excluding ortho intramolecular Hbond substituents is 1. The summed E-state index contributed by atoms with van der Waals surface area (Å²) in [6.07, 6.45) is 12.3. The normalized spacial score (nSPS) is 20.0. The van der Waals surface area contributed by atoms with Gasteiger partial charge in [0.25, 0.3) is 0 Å². The average molecular weight is 254 g/mol. The molecule has 1 unspecified atom stereocenters. The maximum atomic E-state index is 9.34. The summed E-state index contributed by atoms with van der Waals surface area (Å²) in [7, 11) is 0. The molecule has 1 heteroatoms. The first-order valence-corrected chi connectivity index (χ1v) is 6.96. The number of hydrogen-bond acceptors (Lipinski definition) is 1. The number of allylic oxidation sites excluding steroid dienone is 6. The first-order valence-electron chi connectivity index (χ1n) is 6.96. The molecule has 1 aromatic carbocycles. The zero-order valence-electron chi connectivity index (χ0n) is 11.8. The van der Waals surface area contributed by atoms with E-state index in [2.05, 4.69) is 38.2 Å². The number of aromatic hydroxyl groups is 1. The van der Waals surface area contributed by atoms with Gasteiger partial charge in [0.1, 0.15) is 5.75 Å². The predicted octanol–water partition coefficient (Wildman–Crippen LogP) is 4.79. The topological polar surface area (TPSA) is 20.2 Å². The molecule has 0 aliphatic heterocycles. The second-order valence-electron chi connectivity index (χ2n) is 5.27. The molecule has 0 spiro atoms. The lowest BCUT2D eigenvalue weighted by Crippen LogP contribution is -2.03. The van der Waals surface area contributed by atoms with Crippen molar-refractivity contribution in [2.75, 3.05) is 0 Å². The van der Waals surface area contributed by atoms with Crippen LogP contribution >= 0.6 is 0 Å². The van der Waals surface area contributed by atoms with Crippen molar-refractivity contribution in [3.63, 3.8) is 0 Å². The zero-order valence-corrected chi connectivity index (χ0v) is 11.8. The van der Waals surface area contributed by atoms with Crippen molar-refractivity contribution < 1.29 is 5.11 Å². The Labute approximate surface area is 116 Å². The number of benzene rings is 1. The van der Waals surface area contributed by atoms with Crippen LogP contribution in [0.3, 0.4) is 0 Å². The van der Waals surface area contributed by atoms with Crippen molar-refractivity contribution in [1.29, 1.82) is 0 Å². The molecule has 1 nitrogen and oxygen atoms in total. The highest BCUT2D eigenvalue weighted by Gasteiger charge is 2.14. The summed E-state index contributed by atoms with van der Waals surface area (Å²) in [5, 5.41) is 9.34. The van der Waals surface area contributed by atoms with E-state index in [0.717, 1.165) is 6.42 Å². The van der Waals surface area contributed by atoms with Crippen LogP contribution in [0.25, 0.3) is 0 Å². The molecular formula is C18H22O. The molecule has 0 saturated carbocycles. The Balaban J connectivity index is 2.20. The van der Waals surface area contributed by atoms with Crippen molar-refractivity contribution >= 4 is 0 Å². The molecule has 1 N–H and O–H groups in total. The van der Waals surface area contributed by atoms with E-state index in [1.165, 1.54) is 29.6 Å². The van der Waals surface area contributed by atoms with Gasteiger partial charge in [-0.25, -0.2) is 0 Å². The monoisotopic (exact) mass is 254 g/mol. The summed E-state index contributed by atoms with van der Waals surface area (Å²) < 4.78 is 0. The van der Waals surface area contributed by atoms with Gasteiger partial charge in [-0.1, -0.05) is 47.6 Å². The summed E-state index contributed by atoms with van der Waals surface area (Å²) in [5.74, 6) is 0.867. The minimum Gasteiger partial charge on any atom is -0.508 e. The van der Waals surface area contributed by atoms with Crippen molar-refractivity contribution in [3.8, 4) is 5.75 Å². The predicted molar refractivity (Wildman–Crippen MR) is 81.2 cm³/mol. The van der Waals surface area contributed by atoms with Gasteiger partial charge in [0, 0.05) is 0 Å². The van der Waals surface area contributed by atoms with E-state index in [-0.39, 0.29) is 0 Å². The largest absolute Gasteiger partial charge is 0.508 e. The molecule has 19 heavy (non-hydrogen) atoms. The second-order valence-corrected chi connectivity index (χ2v) is 5.27. The summed E-state index contributed by atoms with van der Waals surface area (Å²) in [6.45, 7) is 4.29. The van der Waals surface area contributed by atoms with Gasteiger partial charge in [0.05, 0.1) is 0 Å². The highest BCUT2D eigenvalue weighted by atomic mass is 16.3. The van der Waals surface area contributed by atoms with E-state index >= 15 is 0 Å². The third-order valence-corrected chi connectivity index (χ3v) is 3.68. The van der Waals surface area contributed by atoms with Crippen LogP contribution in [0.2, 0.25) is 0 Å². The zero-order chi connectivity index (χ0) is 13.7. The highest BCUT2D eigenvalue weighted by molar-refractivity contribution is 5.33. The van der Waals surface area contributed by atoms with Gasteiger partial charge < -0.3 is 5.11 Å². The molecule has 0 bridgehead atoms. The van der Waals surface area contributed by atoms with Gasteiger partial charge in [-0.3, -0.25) is 0 Å². The van der Waals surface area contributed by atoms with Gasteiger partial charge >= 0.3 is 0 Å². The molecule has 0 saturated heterocycles. The highest BCUT2D eigenvalue weighted by Crippen LogP contribution is 2.28. The maximum Gasteiger partial charge on any atom is 0.115 e. The summed E-state index contributed by atoms with van der Waals surface area (Å²) >= 11 is 0. The molecule has 1 aromatic rings. The smallest absolute Gasteiger partial charge is 0.115 e. The Morgan fingerprint density at radius 2 is 1.95 bits per heavy atom. The summed E-state index contributed by atoms with van der Waals surface area (Å²) in [5.41, 5.74) is 4.17. The van der Waals surface area contributed by atoms with Crippen LogP contribution in [0.5, 0.6) is 5.75 Å². The van der Waals surface area contributed by atoms with Crippen molar-refractivity contribution in [2.45, 2.75) is 33.1 Å². The molecule has 1 aliphatic carbocycles. The Kier molecular flexibility index (Phi) is 4.62. The van der Waals surface area contributed by atoms with Crippen molar-refractivity contribution in [2.24, 2.45) is 5.92 Å². The van der Waals surface area contributed by atoms with E-state index in [1.807, 2.05) is 12.1 Å². The van der Waals surface area contributed by atoms with E-state index in [1.54, 1.807) is 12.1 Å². The lowest BCUT2D eigenvalue weighted by atomic mass is 9.89. The van der Waals surface area contributed by atoms with Crippen LogP contribution in [-0.2, 0) is 6.42 Å². The van der Waals surface area contributed by atoms with Crippen LogP contribution in [0.4, 0.5) is 0 Å². The molecule has 0 amide bonds. The molecule has 100 valence electrons. The van der Waals surface area contributed by atoms with Gasteiger partial charge in [-0.2, -0.15) is 0 Å². The molecule has 0 fully saturated rings. The van der Waals surface area contributed by atoms with Crippen LogP contribution in [0.15, 0.2) is 59.7 Å². The van der Waals surface area contributed by atoms with E-state index in [9.17, 15) is 5.11 Å². The molecule has 2 rings (SSSR count). The molecule has 0 heterocycles. The van der Waals surface area contributed by atoms with Gasteiger partial charge in [-0.15, -0.1) is 0 Å². The Hall–Kier alpha value is -1.76. The third kappa shape index (κ3) is 3.85. The minimum absolute atomic E-state index is 0.333. The fourth-order valence-electron chi connectivity index (χ4n) is 2.52. The van der Waals surface area contributed by atoms with Crippen LogP contribution < -0.4 is 0 Å². The molecule has 1 atom stereocenters. The molecule has 1 aliphatic rings. The van der Waals surface area contributed by atoms with E-state index < -0.39 is 0 Å². The quantitative estimate of drug-likeness (QED) is 0.769. The second kappa shape index (κ2) is 6.42. The molecular weight excluding hydrogens is 232 g/mol. The Morgan fingerprint density at radius 3 is 2.63 bits per heavy atom. The van der Waals surface area contributed by atoms with Crippen molar-refractivity contribution in [1.82, 2.24) is 0 Å². The van der Waals surface area contributed by atoms with Crippen LogP contribution in [0.1, 0.15) is 32.3 Å². The van der Waals surface area contributed by atoms with Crippen LogP contribution in [0, 0.1) is 5.92 Å². The lowest BCUT2D eigenvalue weighted by Gasteiger charge is -2.15. The number of rotatable bonds is 3. The summed E-state index contributed by atoms with van der Waals surface area (Å²) in [6, 6.07) is 7.53. The third-order valence-electron chi connectivity index (χ3n) is 3.68. The molecule has 0 aromatic heterocycles. The Morgan fingerprint density at radius 1 is 1.21 bits per heavy atom. The Bertz CT molecular complexity index is 503. The van der Waals surface area contributed by atoms with Crippen molar-refractivity contribution in [3.05, 3.63) is 65.3 Å². The van der Waals surface area contributed by atoms with E-state index in [4.69, 9.17) is 0 Å². The fourth-order valence-corrected chi connectivity index (χ4v) is 2.52. The number of phenols is 1. The first kappa shape index (κ1) is 13.7. The summed E-state index contributed by atoms with van der Waals surface area (Å²) in [4.78, 5) is 0. The van der Waals surface area contributed by atoms with Gasteiger partial charge in [0.15, 0.2) is 0 Å². The SMILES string of the molecule is CC=CC1CCC(C)=CC=C1Cc1ccc(O)cc1. The minimum atomic E-state index is 0.333. The first-order chi connectivity index (χ1) is 9.19. The number of hydrogen-bond donors (Lipinski definition) is 1. The van der Waals surface area contributed by atoms with Gasteiger partial charge in [0.2, 0.25) is 0 Å².